The van der Waals surface area contributed by atoms with Crippen molar-refractivity contribution in [3.8, 4) is 11.3 Å². The standard InChI is InChI=1S/C23H23N7O2/c1-13(2)27-23(32-24)19-11-16-10-15(7-8-18(16)29-19)20-14(3)28-21(30-20)22(31)26-12-17-6-4-5-9-25-17/h4-11,29H,1,12,24H2,2-3H3,(H,26,31)(H,28,30). The molecule has 0 aliphatic carbocycles. The first-order valence-corrected chi connectivity index (χ1v) is 9.93. The number of nitrogens with zero attached hydrogens (tertiary/aromatic N) is 3. The van der Waals surface area contributed by atoms with Gasteiger partial charge in [-0.1, -0.05) is 18.7 Å². The van der Waals surface area contributed by atoms with Crippen LogP contribution in [0.5, 0.6) is 0 Å². The molecule has 0 saturated carbocycles. The van der Waals surface area contributed by atoms with Crippen LogP contribution >= 0.6 is 0 Å². The second kappa shape index (κ2) is 8.86. The maximum Gasteiger partial charge on any atom is 0.287 e. The van der Waals surface area contributed by atoms with E-state index in [1.807, 2.05) is 49.4 Å². The van der Waals surface area contributed by atoms with Crippen molar-refractivity contribution in [2.75, 3.05) is 0 Å². The average Bonchev–Trinajstić information content (AvgIpc) is 3.39. The molecule has 0 bridgehead atoms. The molecule has 9 nitrogen and oxygen atoms in total. The molecule has 9 heteroatoms. The van der Waals surface area contributed by atoms with Crippen LogP contribution in [-0.4, -0.2) is 31.7 Å². The summed E-state index contributed by atoms with van der Waals surface area (Å²) in [4.78, 5) is 36.6. The van der Waals surface area contributed by atoms with Gasteiger partial charge in [0.1, 0.15) is 5.69 Å². The van der Waals surface area contributed by atoms with Gasteiger partial charge in [-0.15, -0.1) is 0 Å². The third kappa shape index (κ3) is 4.42. The van der Waals surface area contributed by atoms with Gasteiger partial charge in [0.15, 0.2) is 5.82 Å². The molecule has 32 heavy (non-hydrogen) atoms. The molecule has 0 aliphatic rings. The minimum atomic E-state index is -0.296. The van der Waals surface area contributed by atoms with Crippen LogP contribution in [-0.2, 0) is 11.4 Å². The molecule has 4 aromatic rings. The number of aliphatic imine (C=N–C) groups is 1. The fourth-order valence-electron chi connectivity index (χ4n) is 3.32. The van der Waals surface area contributed by atoms with E-state index in [1.54, 1.807) is 13.1 Å². The maximum absolute atomic E-state index is 12.5. The van der Waals surface area contributed by atoms with Gasteiger partial charge in [0.05, 0.1) is 17.9 Å². The number of nitrogens with two attached hydrogens (primary N) is 1. The van der Waals surface area contributed by atoms with Gasteiger partial charge in [-0.05, 0) is 44.2 Å². The van der Waals surface area contributed by atoms with Gasteiger partial charge < -0.3 is 20.1 Å². The second-order valence-electron chi connectivity index (χ2n) is 7.32. The lowest BCUT2D eigenvalue weighted by Gasteiger charge is -2.02. The predicted octanol–water partition coefficient (Wildman–Crippen LogP) is 3.36. The Morgan fingerprint density at radius 3 is 2.81 bits per heavy atom. The van der Waals surface area contributed by atoms with E-state index in [1.165, 1.54) is 0 Å². The first-order valence-electron chi connectivity index (χ1n) is 9.93. The van der Waals surface area contributed by atoms with Crippen molar-refractivity contribution < 1.29 is 9.63 Å². The number of imidazole rings is 1. The van der Waals surface area contributed by atoms with Crippen LogP contribution in [0.3, 0.4) is 0 Å². The van der Waals surface area contributed by atoms with Gasteiger partial charge >= 0.3 is 0 Å². The summed E-state index contributed by atoms with van der Waals surface area (Å²) in [5, 5.41) is 3.75. The molecule has 1 aromatic carbocycles. The van der Waals surface area contributed by atoms with Crippen molar-refractivity contribution in [2.45, 2.75) is 20.4 Å². The summed E-state index contributed by atoms with van der Waals surface area (Å²) in [7, 11) is 0. The summed E-state index contributed by atoms with van der Waals surface area (Å²) in [5.41, 5.74) is 5.22. The number of hydrogen-bond donors (Lipinski definition) is 4. The third-order valence-electron chi connectivity index (χ3n) is 4.78. The summed E-state index contributed by atoms with van der Waals surface area (Å²) < 4.78 is 0. The van der Waals surface area contributed by atoms with Crippen LogP contribution in [0.2, 0.25) is 0 Å². The van der Waals surface area contributed by atoms with Crippen LogP contribution < -0.4 is 11.2 Å². The minimum Gasteiger partial charge on any atom is -0.389 e. The van der Waals surface area contributed by atoms with E-state index in [0.717, 1.165) is 27.9 Å². The highest BCUT2D eigenvalue weighted by atomic mass is 16.6. The van der Waals surface area contributed by atoms with Crippen molar-refractivity contribution in [1.82, 2.24) is 25.3 Å². The Balaban J connectivity index is 1.58. The fourth-order valence-corrected chi connectivity index (χ4v) is 3.32. The molecule has 4 rings (SSSR count). The molecule has 0 atom stereocenters. The molecule has 5 N–H and O–H groups in total. The van der Waals surface area contributed by atoms with Crippen molar-refractivity contribution in [3.63, 3.8) is 0 Å². The van der Waals surface area contributed by atoms with Crippen molar-refractivity contribution >= 4 is 22.7 Å². The number of aromatic amines is 2. The SMILES string of the molecule is C=C(C)N=C(ON)c1cc2cc(-c3nc(C(=O)NCc4ccccn4)[nH]c3C)ccc2[nH]1. The molecule has 1 amide bonds. The normalized spacial score (nSPS) is 11.5. The molecule has 0 fully saturated rings. The summed E-state index contributed by atoms with van der Waals surface area (Å²) in [6, 6.07) is 13.3. The minimum absolute atomic E-state index is 0.246. The second-order valence-corrected chi connectivity index (χ2v) is 7.32. The van der Waals surface area contributed by atoms with E-state index >= 15 is 0 Å². The topological polar surface area (TPSA) is 134 Å². The number of benzene rings is 1. The number of hydrogen-bond acceptors (Lipinski definition) is 6. The van der Waals surface area contributed by atoms with Crippen LogP contribution in [0, 0.1) is 6.92 Å². The lowest BCUT2D eigenvalue weighted by molar-refractivity contribution is 0.0941. The Bertz CT molecular complexity index is 1320. The number of allylic oxidation sites excluding steroid dienone is 1. The lowest BCUT2D eigenvalue weighted by Crippen LogP contribution is -2.24. The number of nitrogens with one attached hydrogen (secondary N) is 3. The summed E-state index contributed by atoms with van der Waals surface area (Å²) in [6.45, 7) is 7.71. The first kappa shape index (κ1) is 21.0. The smallest absolute Gasteiger partial charge is 0.287 e. The molecule has 0 aliphatic heterocycles. The lowest BCUT2D eigenvalue weighted by atomic mass is 10.1. The summed E-state index contributed by atoms with van der Waals surface area (Å²) in [6.07, 6.45) is 1.69. The molecule has 0 spiro atoms. The monoisotopic (exact) mass is 429 g/mol. The Kier molecular flexibility index (Phi) is 5.82. The number of carbonyl (C=O) groups is 1. The van der Waals surface area contributed by atoms with Crippen LogP contribution in [0.15, 0.2) is 65.9 Å². The van der Waals surface area contributed by atoms with Crippen molar-refractivity contribution in [3.05, 3.63) is 83.8 Å². The molecular weight excluding hydrogens is 406 g/mol. The molecule has 0 unspecified atom stereocenters. The van der Waals surface area contributed by atoms with Gasteiger partial charge in [-0.2, -0.15) is 5.90 Å². The number of rotatable bonds is 6. The van der Waals surface area contributed by atoms with E-state index in [9.17, 15) is 4.79 Å². The molecule has 162 valence electrons. The number of fused-ring (bicyclic) bond motifs is 1. The molecule has 0 saturated heterocycles. The predicted molar refractivity (Wildman–Crippen MR) is 123 cm³/mol. The number of aromatic nitrogens is 4. The molecule has 3 aromatic heterocycles. The van der Waals surface area contributed by atoms with E-state index in [2.05, 4.69) is 36.8 Å². The number of aryl methyl sites for hydroxylation is 1. The quantitative estimate of drug-likeness (QED) is 0.212. The Hall–Kier alpha value is -4.24. The maximum atomic E-state index is 12.5. The Morgan fingerprint density at radius 1 is 1.25 bits per heavy atom. The van der Waals surface area contributed by atoms with Crippen molar-refractivity contribution in [1.29, 1.82) is 0 Å². The van der Waals surface area contributed by atoms with Crippen LogP contribution in [0.4, 0.5) is 0 Å². The molecule has 0 radical (unpaired) electrons. The van der Waals surface area contributed by atoms with Gasteiger partial charge in [0, 0.05) is 34.1 Å². The zero-order valence-corrected chi connectivity index (χ0v) is 17.8. The van der Waals surface area contributed by atoms with E-state index in [-0.39, 0.29) is 17.6 Å². The Labute approximate surface area is 184 Å². The fraction of sp³-hybridized carbons (Fsp3) is 0.130. The van der Waals surface area contributed by atoms with Gasteiger partial charge in [0.25, 0.3) is 11.8 Å². The van der Waals surface area contributed by atoms with Gasteiger partial charge in [0.2, 0.25) is 0 Å². The van der Waals surface area contributed by atoms with Crippen LogP contribution in [0.1, 0.15) is 34.6 Å². The number of amides is 1. The highest BCUT2D eigenvalue weighted by Gasteiger charge is 2.16. The highest BCUT2D eigenvalue weighted by Crippen LogP contribution is 2.26. The first-order chi connectivity index (χ1) is 15.4. The number of carbonyl (C=O) groups excluding carboxylic acids is 1. The summed E-state index contributed by atoms with van der Waals surface area (Å²) in [5.74, 6) is 5.56. The van der Waals surface area contributed by atoms with E-state index < -0.39 is 0 Å². The third-order valence-corrected chi connectivity index (χ3v) is 4.78. The number of pyridine rings is 1. The molecular formula is C23H23N7O2. The Morgan fingerprint density at radius 2 is 2.09 bits per heavy atom. The highest BCUT2D eigenvalue weighted by molar-refractivity contribution is 5.99. The van der Waals surface area contributed by atoms with Crippen molar-refractivity contribution in [2.24, 2.45) is 10.9 Å². The van der Waals surface area contributed by atoms with E-state index in [4.69, 9.17) is 10.7 Å². The summed E-state index contributed by atoms with van der Waals surface area (Å²) >= 11 is 0. The zero-order chi connectivity index (χ0) is 22.7. The number of H-pyrrole nitrogens is 2. The van der Waals surface area contributed by atoms with E-state index in [0.29, 0.717) is 23.6 Å². The zero-order valence-electron chi connectivity index (χ0n) is 17.8. The molecule has 3 heterocycles. The average molecular weight is 429 g/mol. The van der Waals surface area contributed by atoms with Gasteiger partial charge in [-0.25, -0.2) is 9.98 Å². The largest absolute Gasteiger partial charge is 0.389 e. The van der Waals surface area contributed by atoms with Crippen LogP contribution in [0.25, 0.3) is 22.2 Å². The van der Waals surface area contributed by atoms with Gasteiger partial charge in [-0.3, -0.25) is 9.78 Å².